The standard InChI is InChI=1S/C15H25N2O4P/c1-10-16-12(18)6-8-17(10)14-15(2,20)13(19)11(21-14)7-9-22(3,4)5/h6,8,11,13-14,19-20H,1,3,7,9H2,2,4-5H3,(H,16,18)/t11-,13-,14-,15-/m1/s1. The molecule has 124 valence electrons. The van der Waals surface area contributed by atoms with Crippen LogP contribution in [0.3, 0.4) is 0 Å². The van der Waals surface area contributed by atoms with E-state index in [1.807, 2.05) is 0 Å². The summed E-state index contributed by atoms with van der Waals surface area (Å²) >= 11 is 0. The molecule has 4 atom stereocenters. The summed E-state index contributed by atoms with van der Waals surface area (Å²) in [6.07, 6.45) is 6.20. The molecule has 0 unspecified atom stereocenters. The first-order valence-electron chi connectivity index (χ1n) is 7.22. The molecule has 0 spiro atoms. The molecule has 2 heterocycles. The molecular weight excluding hydrogens is 303 g/mol. The fourth-order valence-electron chi connectivity index (χ4n) is 2.66. The van der Waals surface area contributed by atoms with Gasteiger partial charge in [0.1, 0.15) is 17.5 Å². The van der Waals surface area contributed by atoms with Crippen LogP contribution in [0.2, 0.25) is 0 Å². The molecule has 1 saturated heterocycles. The van der Waals surface area contributed by atoms with Gasteiger partial charge in [-0.15, -0.1) is 13.2 Å². The van der Waals surface area contributed by atoms with Crippen LogP contribution in [0.15, 0.2) is 24.7 Å². The lowest BCUT2D eigenvalue weighted by Crippen LogP contribution is -2.53. The quantitative estimate of drug-likeness (QED) is 0.648. The Kier molecular flexibility index (Phi) is 4.60. The zero-order valence-corrected chi connectivity index (χ0v) is 14.2. The van der Waals surface area contributed by atoms with Crippen LogP contribution < -0.4 is 5.32 Å². The van der Waals surface area contributed by atoms with Crippen molar-refractivity contribution in [2.24, 2.45) is 0 Å². The summed E-state index contributed by atoms with van der Waals surface area (Å²) < 4.78 is 5.88. The molecule has 0 radical (unpaired) electrons. The zero-order chi connectivity index (χ0) is 16.7. The van der Waals surface area contributed by atoms with Gasteiger partial charge in [0.15, 0.2) is 6.23 Å². The number of ether oxygens (including phenoxy) is 1. The Balaban J connectivity index is 2.16. The van der Waals surface area contributed by atoms with Crippen LogP contribution in [0, 0.1) is 0 Å². The van der Waals surface area contributed by atoms with Crippen LogP contribution in [0.1, 0.15) is 13.3 Å². The van der Waals surface area contributed by atoms with Gasteiger partial charge in [-0.05, 0) is 32.8 Å². The monoisotopic (exact) mass is 328 g/mol. The van der Waals surface area contributed by atoms with Gasteiger partial charge in [-0.2, -0.15) is 0 Å². The van der Waals surface area contributed by atoms with Gasteiger partial charge in [-0.3, -0.25) is 4.79 Å². The van der Waals surface area contributed by atoms with Gasteiger partial charge in [0.25, 0.3) is 5.91 Å². The molecule has 1 amide bonds. The van der Waals surface area contributed by atoms with Crippen molar-refractivity contribution >= 4 is 19.1 Å². The minimum Gasteiger partial charge on any atom is -0.387 e. The first-order chi connectivity index (χ1) is 10.0. The second-order valence-corrected chi connectivity index (χ2v) is 11.1. The normalized spacial score (nSPS) is 35.9. The SMILES string of the molecule is C=C1NC(=O)C=CN1[C@@H]1O[C@H](CCP(=C)(C)C)[C@@H](O)[C@@]1(C)O. The fourth-order valence-corrected chi connectivity index (χ4v) is 3.61. The van der Waals surface area contributed by atoms with E-state index in [9.17, 15) is 15.0 Å². The number of carbonyl (C=O) groups excluding carboxylic acids is 1. The molecule has 3 N–H and O–H groups in total. The average molecular weight is 328 g/mol. The van der Waals surface area contributed by atoms with E-state index < -0.39 is 30.9 Å². The van der Waals surface area contributed by atoms with Gasteiger partial charge in [-0.1, -0.05) is 6.58 Å². The number of nitrogens with one attached hydrogen (secondary N) is 1. The zero-order valence-electron chi connectivity index (χ0n) is 13.3. The second-order valence-electron chi connectivity index (χ2n) is 6.80. The Morgan fingerprint density at radius 1 is 1.55 bits per heavy atom. The molecular formula is C15H25N2O4P. The summed E-state index contributed by atoms with van der Waals surface area (Å²) in [4.78, 5) is 12.8. The summed E-state index contributed by atoms with van der Waals surface area (Å²) in [7, 11) is 0. The largest absolute Gasteiger partial charge is 0.387 e. The molecule has 0 aromatic rings. The summed E-state index contributed by atoms with van der Waals surface area (Å²) in [5.41, 5.74) is -1.47. The molecule has 2 aliphatic heterocycles. The molecule has 1 fully saturated rings. The topological polar surface area (TPSA) is 82.0 Å². The summed E-state index contributed by atoms with van der Waals surface area (Å²) in [5, 5.41) is 23.6. The van der Waals surface area contributed by atoms with Gasteiger partial charge < -0.3 is 25.2 Å². The van der Waals surface area contributed by atoms with E-state index in [1.54, 1.807) is 0 Å². The molecule has 2 aliphatic rings. The minimum absolute atomic E-state index is 0.278. The number of hydrogen-bond donors (Lipinski definition) is 3. The lowest BCUT2D eigenvalue weighted by molar-refractivity contribution is -0.123. The number of aliphatic hydroxyl groups is 2. The minimum atomic E-state index is -1.47. The van der Waals surface area contributed by atoms with Crippen molar-refractivity contribution in [1.29, 1.82) is 0 Å². The highest BCUT2D eigenvalue weighted by molar-refractivity contribution is 7.72. The molecule has 22 heavy (non-hydrogen) atoms. The van der Waals surface area contributed by atoms with Crippen molar-refractivity contribution in [1.82, 2.24) is 10.2 Å². The molecule has 2 rings (SSSR count). The smallest absolute Gasteiger partial charge is 0.250 e. The first-order valence-corrected chi connectivity index (χ1v) is 10.3. The van der Waals surface area contributed by atoms with Gasteiger partial charge >= 0.3 is 0 Å². The number of amides is 1. The number of carbonyl (C=O) groups is 1. The third kappa shape index (κ3) is 3.46. The Hall–Kier alpha value is -1.07. The van der Waals surface area contributed by atoms with E-state index >= 15 is 0 Å². The second kappa shape index (κ2) is 5.85. The Bertz CT molecular complexity index is 552. The molecule has 0 saturated carbocycles. The molecule has 0 aromatic carbocycles. The highest BCUT2D eigenvalue weighted by Crippen LogP contribution is 2.41. The number of aliphatic hydroxyl groups excluding tert-OH is 1. The first kappa shape index (κ1) is 17.3. The summed E-state index contributed by atoms with van der Waals surface area (Å²) in [6.45, 7) is 8.29. The van der Waals surface area contributed by atoms with Crippen molar-refractivity contribution in [3.8, 4) is 0 Å². The van der Waals surface area contributed by atoms with Gasteiger partial charge in [-0.25, -0.2) is 0 Å². The Morgan fingerprint density at radius 3 is 2.73 bits per heavy atom. The van der Waals surface area contributed by atoms with Crippen LogP contribution in [0.25, 0.3) is 0 Å². The summed E-state index contributed by atoms with van der Waals surface area (Å²) in [6, 6.07) is 0. The average Bonchev–Trinajstić information content (AvgIpc) is 2.59. The van der Waals surface area contributed by atoms with E-state index in [1.165, 1.54) is 24.1 Å². The predicted molar refractivity (Wildman–Crippen MR) is 88.9 cm³/mol. The van der Waals surface area contributed by atoms with E-state index in [0.29, 0.717) is 12.2 Å². The Labute approximate surface area is 131 Å². The Morgan fingerprint density at radius 2 is 2.18 bits per heavy atom. The number of nitrogens with zero attached hydrogens (tertiary/aromatic N) is 1. The van der Waals surface area contributed by atoms with E-state index in [-0.39, 0.29) is 5.91 Å². The van der Waals surface area contributed by atoms with E-state index in [0.717, 1.165) is 6.16 Å². The number of rotatable bonds is 4. The van der Waals surface area contributed by atoms with Crippen molar-refractivity contribution < 1.29 is 19.7 Å². The molecule has 0 aliphatic carbocycles. The maximum Gasteiger partial charge on any atom is 0.250 e. The van der Waals surface area contributed by atoms with Crippen LogP contribution in [-0.4, -0.2) is 70.8 Å². The summed E-state index contributed by atoms with van der Waals surface area (Å²) in [5.74, 6) is 0.0372. The van der Waals surface area contributed by atoms with Crippen LogP contribution in [-0.2, 0) is 9.53 Å². The van der Waals surface area contributed by atoms with Crippen molar-refractivity contribution in [3.63, 3.8) is 0 Å². The molecule has 7 heteroatoms. The number of hydrogen-bond acceptors (Lipinski definition) is 5. The van der Waals surface area contributed by atoms with Crippen LogP contribution in [0.4, 0.5) is 0 Å². The molecule has 6 nitrogen and oxygen atoms in total. The third-order valence-corrected chi connectivity index (χ3v) is 5.46. The van der Waals surface area contributed by atoms with Crippen molar-refractivity contribution in [2.45, 2.75) is 37.4 Å². The van der Waals surface area contributed by atoms with Crippen LogP contribution in [0.5, 0.6) is 0 Å². The highest BCUT2D eigenvalue weighted by Gasteiger charge is 2.54. The van der Waals surface area contributed by atoms with Crippen molar-refractivity contribution in [3.05, 3.63) is 24.7 Å². The van der Waals surface area contributed by atoms with Crippen LogP contribution >= 0.6 is 6.89 Å². The lowest BCUT2D eigenvalue weighted by Gasteiger charge is -2.37. The van der Waals surface area contributed by atoms with Crippen molar-refractivity contribution in [2.75, 3.05) is 19.5 Å². The third-order valence-electron chi connectivity index (χ3n) is 3.99. The van der Waals surface area contributed by atoms with E-state index in [2.05, 4.69) is 31.5 Å². The molecule has 0 aromatic heterocycles. The van der Waals surface area contributed by atoms with Gasteiger partial charge in [0, 0.05) is 12.3 Å². The predicted octanol–water partition coefficient (Wildman–Crippen LogP) is 0.339. The maximum atomic E-state index is 11.3. The fraction of sp³-hybridized carbons (Fsp3) is 0.600. The lowest BCUT2D eigenvalue weighted by atomic mass is 9.95. The molecule has 0 bridgehead atoms. The van der Waals surface area contributed by atoms with Gasteiger partial charge in [0.05, 0.1) is 6.10 Å². The highest BCUT2D eigenvalue weighted by atomic mass is 31.2. The van der Waals surface area contributed by atoms with E-state index in [4.69, 9.17) is 4.74 Å². The maximum absolute atomic E-state index is 11.3. The van der Waals surface area contributed by atoms with Gasteiger partial charge in [0.2, 0.25) is 0 Å².